The van der Waals surface area contributed by atoms with Gasteiger partial charge in [-0.25, -0.2) is 0 Å². The van der Waals surface area contributed by atoms with E-state index in [1.165, 1.54) is 7.11 Å². The maximum absolute atomic E-state index is 11.7. The third-order valence-electron chi connectivity index (χ3n) is 2.23. The Morgan fingerprint density at radius 3 is 2.62 bits per heavy atom. The summed E-state index contributed by atoms with van der Waals surface area (Å²) in [5.41, 5.74) is 1.55. The molecule has 0 unspecified atom stereocenters. The average molecular weight is 221 g/mol. The van der Waals surface area contributed by atoms with Crippen molar-refractivity contribution in [2.45, 2.75) is 13.3 Å². The van der Waals surface area contributed by atoms with Crippen molar-refractivity contribution in [2.24, 2.45) is 0 Å². The molecule has 0 saturated carbocycles. The summed E-state index contributed by atoms with van der Waals surface area (Å²) >= 11 is 0. The molecule has 1 amide bonds. The third kappa shape index (κ3) is 3.38. The molecule has 16 heavy (non-hydrogen) atoms. The minimum atomic E-state index is -0.329. The first-order chi connectivity index (χ1) is 7.65. The molecule has 1 aromatic carbocycles. The normalized spacial score (nSPS) is 9.62. The van der Waals surface area contributed by atoms with Crippen molar-refractivity contribution < 1.29 is 14.3 Å². The zero-order chi connectivity index (χ0) is 12.0. The molecule has 4 heteroatoms. The topological polar surface area (TPSA) is 55.4 Å². The van der Waals surface area contributed by atoms with E-state index >= 15 is 0 Å². The third-order valence-corrected chi connectivity index (χ3v) is 2.23. The molecule has 0 atom stereocenters. The summed E-state index contributed by atoms with van der Waals surface area (Å²) in [5, 5.41) is 2.67. The molecule has 1 N–H and O–H groups in total. The number of carbonyl (C=O) groups is 2. The molecule has 0 aliphatic rings. The van der Waals surface area contributed by atoms with Gasteiger partial charge in [0, 0.05) is 12.1 Å². The molecule has 0 aliphatic carbocycles. The molecular formula is C12H15NO3. The van der Waals surface area contributed by atoms with E-state index in [0.29, 0.717) is 12.1 Å². The van der Waals surface area contributed by atoms with Gasteiger partial charge in [-0.05, 0) is 18.6 Å². The fourth-order valence-electron chi connectivity index (χ4n) is 1.30. The van der Waals surface area contributed by atoms with Crippen LogP contribution >= 0.6 is 0 Å². The van der Waals surface area contributed by atoms with E-state index in [4.69, 9.17) is 0 Å². The van der Waals surface area contributed by atoms with Crippen molar-refractivity contribution in [2.75, 3.05) is 13.7 Å². The van der Waals surface area contributed by atoms with Gasteiger partial charge < -0.3 is 10.1 Å². The molecule has 86 valence electrons. The number of rotatable bonds is 4. The van der Waals surface area contributed by atoms with Crippen molar-refractivity contribution >= 4 is 11.9 Å². The molecule has 4 nitrogen and oxygen atoms in total. The first-order valence-corrected chi connectivity index (χ1v) is 5.06. The number of ether oxygens (including phenoxy) is 1. The van der Waals surface area contributed by atoms with Gasteiger partial charge in [0.05, 0.1) is 13.5 Å². The lowest BCUT2D eigenvalue weighted by atomic mass is 10.1. The number of esters is 1. The van der Waals surface area contributed by atoms with Crippen LogP contribution in [0.3, 0.4) is 0 Å². The molecule has 0 aliphatic heterocycles. The SMILES string of the molecule is COC(=O)CCNC(=O)c1ccccc1C. The molecule has 0 spiro atoms. The Morgan fingerprint density at radius 1 is 1.31 bits per heavy atom. The van der Waals surface area contributed by atoms with Gasteiger partial charge in [-0.15, -0.1) is 0 Å². The van der Waals surface area contributed by atoms with Crippen LogP contribution in [0.4, 0.5) is 0 Å². The van der Waals surface area contributed by atoms with E-state index < -0.39 is 0 Å². The zero-order valence-electron chi connectivity index (χ0n) is 9.45. The first-order valence-electron chi connectivity index (χ1n) is 5.06. The summed E-state index contributed by atoms with van der Waals surface area (Å²) in [6, 6.07) is 7.31. The molecule has 0 fully saturated rings. The van der Waals surface area contributed by atoms with Gasteiger partial charge in [-0.1, -0.05) is 18.2 Å². The van der Waals surface area contributed by atoms with Crippen molar-refractivity contribution in [3.8, 4) is 0 Å². The number of amides is 1. The second-order valence-electron chi connectivity index (χ2n) is 3.40. The van der Waals surface area contributed by atoms with E-state index in [9.17, 15) is 9.59 Å². The Balaban J connectivity index is 2.47. The summed E-state index contributed by atoms with van der Waals surface area (Å²) in [7, 11) is 1.32. The number of hydrogen-bond acceptors (Lipinski definition) is 3. The molecule has 0 bridgehead atoms. The van der Waals surface area contributed by atoms with Crippen LogP contribution < -0.4 is 5.32 Å². The van der Waals surface area contributed by atoms with Crippen molar-refractivity contribution in [1.82, 2.24) is 5.32 Å². The van der Waals surface area contributed by atoms with Crippen LogP contribution in [-0.4, -0.2) is 25.5 Å². The van der Waals surface area contributed by atoms with Crippen LogP contribution in [-0.2, 0) is 9.53 Å². The maximum Gasteiger partial charge on any atom is 0.307 e. The molecule has 0 aromatic heterocycles. The fraction of sp³-hybridized carbons (Fsp3) is 0.333. The molecule has 1 aromatic rings. The van der Waals surface area contributed by atoms with Gasteiger partial charge in [0.25, 0.3) is 5.91 Å². The van der Waals surface area contributed by atoms with Crippen molar-refractivity contribution in [3.63, 3.8) is 0 Å². The van der Waals surface area contributed by atoms with Gasteiger partial charge >= 0.3 is 5.97 Å². The Kier molecular flexibility index (Phi) is 4.51. The highest BCUT2D eigenvalue weighted by Crippen LogP contribution is 2.06. The van der Waals surface area contributed by atoms with E-state index in [2.05, 4.69) is 10.1 Å². The highest BCUT2D eigenvalue weighted by Gasteiger charge is 2.08. The second kappa shape index (κ2) is 5.90. The summed E-state index contributed by atoms with van der Waals surface area (Å²) < 4.78 is 4.47. The van der Waals surface area contributed by atoms with E-state index in [0.717, 1.165) is 5.56 Å². The van der Waals surface area contributed by atoms with Gasteiger partial charge in [-0.2, -0.15) is 0 Å². The van der Waals surface area contributed by atoms with Crippen molar-refractivity contribution in [3.05, 3.63) is 35.4 Å². The van der Waals surface area contributed by atoms with Crippen LogP contribution in [0.15, 0.2) is 24.3 Å². The van der Waals surface area contributed by atoms with E-state index in [-0.39, 0.29) is 18.3 Å². The van der Waals surface area contributed by atoms with Gasteiger partial charge in [0.2, 0.25) is 0 Å². The highest BCUT2D eigenvalue weighted by molar-refractivity contribution is 5.95. The predicted octanol–water partition coefficient (Wildman–Crippen LogP) is 1.29. The Bertz CT molecular complexity index is 388. The summed E-state index contributed by atoms with van der Waals surface area (Å²) in [4.78, 5) is 22.5. The minimum absolute atomic E-state index is 0.165. The van der Waals surface area contributed by atoms with E-state index in [1.807, 2.05) is 25.1 Å². The Labute approximate surface area is 94.6 Å². The van der Waals surface area contributed by atoms with Crippen LogP contribution in [0.25, 0.3) is 0 Å². The first kappa shape index (κ1) is 12.2. The fourth-order valence-corrected chi connectivity index (χ4v) is 1.30. The number of carbonyl (C=O) groups excluding carboxylic acids is 2. The van der Waals surface area contributed by atoms with E-state index in [1.54, 1.807) is 6.07 Å². The molecule has 0 heterocycles. The smallest absolute Gasteiger partial charge is 0.307 e. The van der Waals surface area contributed by atoms with Crippen LogP contribution in [0, 0.1) is 6.92 Å². The van der Waals surface area contributed by atoms with Crippen LogP contribution in [0.2, 0.25) is 0 Å². The Hall–Kier alpha value is -1.84. The lowest BCUT2D eigenvalue weighted by Gasteiger charge is -2.06. The number of aryl methyl sites for hydroxylation is 1. The molecule has 1 rings (SSSR count). The van der Waals surface area contributed by atoms with Crippen molar-refractivity contribution in [1.29, 1.82) is 0 Å². The summed E-state index contributed by atoms with van der Waals surface area (Å²) in [6.45, 7) is 2.16. The number of hydrogen-bond donors (Lipinski definition) is 1. The zero-order valence-corrected chi connectivity index (χ0v) is 9.45. The quantitative estimate of drug-likeness (QED) is 0.779. The monoisotopic (exact) mass is 221 g/mol. The molecule has 0 radical (unpaired) electrons. The van der Waals surface area contributed by atoms with Gasteiger partial charge in [-0.3, -0.25) is 9.59 Å². The summed E-state index contributed by atoms with van der Waals surface area (Å²) in [5.74, 6) is -0.493. The minimum Gasteiger partial charge on any atom is -0.469 e. The molecular weight excluding hydrogens is 206 g/mol. The predicted molar refractivity (Wildman–Crippen MR) is 60.1 cm³/mol. The lowest BCUT2D eigenvalue weighted by Crippen LogP contribution is -2.26. The Morgan fingerprint density at radius 2 is 2.00 bits per heavy atom. The summed E-state index contributed by atoms with van der Waals surface area (Å²) in [6.07, 6.45) is 0.189. The number of methoxy groups -OCH3 is 1. The van der Waals surface area contributed by atoms with Gasteiger partial charge in [0.15, 0.2) is 0 Å². The average Bonchev–Trinajstić information content (AvgIpc) is 2.29. The largest absolute Gasteiger partial charge is 0.469 e. The van der Waals surface area contributed by atoms with Gasteiger partial charge in [0.1, 0.15) is 0 Å². The number of benzene rings is 1. The highest BCUT2D eigenvalue weighted by atomic mass is 16.5. The standard InChI is InChI=1S/C12H15NO3/c1-9-5-3-4-6-10(9)12(15)13-8-7-11(14)16-2/h3-6H,7-8H2,1-2H3,(H,13,15). The second-order valence-corrected chi connectivity index (χ2v) is 3.40. The van der Waals surface area contributed by atoms with Crippen LogP contribution in [0.1, 0.15) is 22.3 Å². The molecule has 0 saturated heterocycles. The van der Waals surface area contributed by atoms with Crippen LogP contribution in [0.5, 0.6) is 0 Å². The lowest BCUT2D eigenvalue weighted by molar-refractivity contribution is -0.140. The maximum atomic E-state index is 11.7. The number of nitrogens with one attached hydrogen (secondary N) is 1.